The third-order valence-electron chi connectivity index (χ3n) is 6.35. The number of benzene rings is 2. The van der Waals surface area contributed by atoms with Crippen LogP contribution in [0.4, 0.5) is 15.9 Å². The fourth-order valence-electron chi connectivity index (χ4n) is 4.36. The molecule has 3 heterocycles. The summed E-state index contributed by atoms with van der Waals surface area (Å²) >= 11 is 0. The van der Waals surface area contributed by atoms with Gasteiger partial charge in [0, 0.05) is 35.6 Å². The Labute approximate surface area is 229 Å². The van der Waals surface area contributed by atoms with Gasteiger partial charge in [0.1, 0.15) is 23.7 Å². The van der Waals surface area contributed by atoms with E-state index in [4.69, 9.17) is 10.8 Å². The van der Waals surface area contributed by atoms with Crippen molar-refractivity contribution < 1.29 is 9.18 Å². The molecule has 204 valence electrons. The van der Waals surface area contributed by atoms with Gasteiger partial charge in [-0.05, 0) is 49.6 Å². The Balaban J connectivity index is 1.47. The Bertz CT molecular complexity index is 1760. The number of nitrogens with one attached hydrogen (secondary N) is 1. The minimum absolute atomic E-state index is 0.118. The van der Waals surface area contributed by atoms with Crippen LogP contribution in [0.5, 0.6) is 0 Å². The molecule has 0 aliphatic carbocycles. The molecular formula is C29H29FN8O2. The van der Waals surface area contributed by atoms with Crippen molar-refractivity contribution in [2.24, 2.45) is 5.92 Å². The molecule has 0 radical (unpaired) electrons. The normalized spacial score (nSPS) is 11.5. The zero-order valence-corrected chi connectivity index (χ0v) is 22.6. The van der Waals surface area contributed by atoms with Crippen LogP contribution in [0, 0.1) is 11.7 Å². The van der Waals surface area contributed by atoms with Crippen molar-refractivity contribution in [3.8, 4) is 22.4 Å². The van der Waals surface area contributed by atoms with Crippen LogP contribution < -0.4 is 16.5 Å². The van der Waals surface area contributed by atoms with Gasteiger partial charge in [-0.1, -0.05) is 38.1 Å². The summed E-state index contributed by atoms with van der Waals surface area (Å²) in [7, 11) is 0. The molecule has 0 saturated heterocycles. The number of halogens is 1. The molecule has 0 fully saturated rings. The number of nitrogen functional groups attached to an aromatic ring is 1. The van der Waals surface area contributed by atoms with Crippen LogP contribution in [-0.4, -0.2) is 35.4 Å². The Morgan fingerprint density at radius 1 is 0.975 bits per heavy atom. The lowest BCUT2D eigenvalue weighted by molar-refractivity contribution is 0.101. The topological polar surface area (TPSA) is 134 Å². The fraction of sp³-hybridized carbons (Fsp3) is 0.241. The summed E-state index contributed by atoms with van der Waals surface area (Å²) < 4.78 is 16.8. The molecule has 1 amide bonds. The van der Waals surface area contributed by atoms with E-state index in [0.717, 1.165) is 5.56 Å². The summed E-state index contributed by atoms with van der Waals surface area (Å²) in [5.74, 6) is -0.389. The molecule has 0 aliphatic rings. The van der Waals surface area contributed by atoms with Crippen molar-refractivity contribution in [1.29, 1.82) is 0 Å². The highest BCUT2D eigenvalue weighted by Gasteiger charge is 2.21. The number of nitrogens with zero attached hydrogens (tertiary/aromatic N) is 6. The van der Waals surface area contributed by atoms with Crippen molar-refractivity contribution in [2.75, 3.05) is 11.1 Å². The minimum Gasteiger partial charge on any atom is -0.383 e. The van der Waals surface area contributed by atoms with Crippen molar-refractivity contribution in [2.45, 2.75) is 40.3 Å². The van der Waals surface area contributed by atoms with E-state index in [2.05, 4.69) is 34.2 Å². The molecule has 11 heteroatoms. The summed E-state index contributed by atoms with van der Waals surface area (Å²) in [6.07, 6.45) is 2.99. The molecule has 2 aromatic carbocycles. The van der Waals surface area contributed by atoms with E-state index >= 15 is 0 Å². The molecule has 10 nitrogen and oxygen atoms in total. The number of carbonyl (C=O) groups excluding carboxylic acids is 1. The molecule has 0 atom stereocenters. The predicted molar refractivity (Wildman–Crippen MR) is 152 cm³/mol. The van der Waals surface area contributed by atoms with Crippen molar-refractivity contribution in [3.05, 3.63) is 82.8 Å². The van der Waals surface area contributed by atoms with Gasteiger partial charge < -0.3 is 11.1 Å². The van der Waals surface area contributed by atoms with Crippen LogP contribution in [0.1, 0.15) is 44.2 Å². The largest absolute Gasteiger partial charge is 0.383 e. The number of carbonyl (C=O) groups is 1. The zero-order chi connectivity index (χ0) is 28.6. The number of amides is 1. The average molecular weight is 541 g/mol. The summed E-state index contributed by atoms with van der Waals surface area (Å²) in [6, 6.07) is 12.5. The second-order valence-electron chi connectivity index (χ2n) is 10.2. The molecular weight excluding hydrogens is 511 g/mol. The van der Waals surface area contributed by atoms with Crippen LogP contribution in [-0.2, 0) is 6.54 Å². The molecule has 0 spiro atoms. The van der Waals surface area contributed by atoms with Gasteiger partial charge >= 0.3 is 0 Å². The van der Waals surface area contributed by atoms with Crippen molar-refractivity contribution in [1.82, 2.24) is 29.5 Å². The molecule has 0 aliphatic heterocycles. The Morgan fingerprint density at radius 2 is 1.65 bits per heavy atom. The summed E-state index contributed by atoms with van der Waals surface area (Å²) in [5.41, 5.74) is 8.66. The van der Waals surface area contributed by atoms with E-state index in [1.165, 1.54) is 30.6 Å². The number of anilines is 2. The van der Waals surface area contributed by atoms with Crippen LogP contribution in [0.2, 0.25) is 0 Å². The predicted octanol–water partition coefficient (Wildman–Crippen LogP) is 4.93. The fourth-order valence-corrected chi connectivity index (χ4v) is 4.36. The quantitative estimate of drug-likeness (QED) is 0.299. The SMILES string of the molecule is CC(C)Cn1nc(-c2ccc(NC(=O)c3nn(C(C)C)cc(-c4ccc(F)cc4)c3=O)cc2)c2c(N)ncnc21. The van der Waals surface area contributed by atoms with Crippen LogP contribution in [0.25, 0.3) is 33.4 Å². The van der Waals surface area contributed by atoms with Crippen LogP contribution >= 0.6 is 0 Å². The first-order valence-electron chi connectivity index (χ1n) is 12.9. The lowest BCUT2D eigenvalue weighted by atomic mass is 10.1. The molecule has 0 saturated carbocycles. The highest BCUT2D eigenvalue weighted by atomic mass is 19.1. The highest BCUT2D eigenvalue weighted by molar-refractivity contribution is 6.03. The molecule has 40 heavy (non-hydrogen) atoms. The molecule has 3 aromatic heterocycles. The minimum atomic E-state index is -0.652. The number of hydrogen-bond acceptors (Lipinski definition) is 7. The summed E-state index contributed by atoms with van der Waals surface area (Å²) in [5, 5.41) is 12.5. The molecule has 5 rings (SSSR count). The first-order chi connectivity index (χ1) is 19.1. The third-order valence-corrected chi connectivity index (χ3v) is 6.35. The van der Waals surface area contributed by atoms with E-state index in [-0.39, 0.29) is 17.3 Å². The summed E-state index contributed by atoms with van der Waals surface area (Å²) in [6.45, 7) is 8.62. The van der Waals surface area contributed by atoms with Crippen molar-refractivity contribution in [3.63, 3.8) is 0 Å². The van der Waals surface area contributed by atoms with Gasteiger partial charge in [0.2, 0.25) is 5.43 Å². The lowest BCUT2D eigenvalue weighted by Gasteiger charge is -2.14. The van der Waals surface area contributed by atoms with Crippen LogP contribution in [0.15, 0.2) is 65.8 Å². The average Bonchev–Trinajstić information content (AvgIpc) is 3.28. The first-order valence-corrected chi connectivity index (χ1v) is 12.9. The number of nitrogens with two attached hydrogens (primary N) is 1. The number of fused-ring (bicyclic) bond motifs is 1. The maximum atomic E-state index is 13.5. The summed E-state index contributed by atoms with van der Waals surface area (Å²) in [4.78, 5) is 35.0. The highest BCUT2D eigenvalue weighted by Crippen LogP contribution is 2.31. The third kappa shape index (κ3) is 5.18. The molecule has 3 N–H and O–H groups in total. The maximum Gasteiger partial charge on any atom is 0.280 e. The van der Waals surface area contributed by atoms with E-state index in [0.29, 0.717) is 46.3 Å². The van der Waals surface area contributed by atoms with Gasteiger partial charge in [-0.2, -0.15) is 10.2 Å². The van der Waals surface area contributed by atoms with Crippen LogP contribution in [0.3, 0.4) is 0 Å². The van der Waals surface area contributed by atoms with E-state index in [9.17, 15) is 14.0 Å². The molecule has 0 unspecified atom stereocenters. The second kappa shape index (κ2) is 10.7. The Kier molecular flexibility index (Phi) is 7.12. The van der Waals surface area contributed by atoms with Gasteiger partial charge in [-0.25, -0.2) is 19.0 Å². The van der Waals surface area contributed by atoms with E-state index in [1.54, 1.807) is 35.1 Å². The monoisotopic (exact) mass is 540 g/mol. The van der Waals surface area contributed by atoms with Gasteiger partial charge in [0.25, 0.3) is 5.91 Å². The number of aromatic nitrogens is 6. The van der Waals surface area contributed by atoms with E-state index in [1.807, 2.05) is 18.5 Å². The number of hydrogen-bond donors (Lipinski definition) is 2. The smallest absolute Gasteiger partial charge is 0.280 e. The van der Waals surface area contributed by atoms with Gasteiger partial charge in [0.05, 0.1) is 5.39 Å². The maximum absolute atomic E-state index is 13.5. The molecule has 5 aromatic rings. The number of rotatable bonds is 7. The lowest BCUT2D eigenvalue weighted by Crippen LogP contribution is -2.28. The Morgan fingerprint density at radius 3 is 2.30 bits per heavy atom. The van der Waals surface area contributed by atoms with Crippen molar-refractivity contribution >= 4 is 28.4 Å². The Hall–Kier alpha value is -4.93. The standard InChI is InChI=1S/C29H29FN8O2/c1-16(2)13-38-28-23(27(31)32-15-33-28)24(35-38)19-7-11-21(12-8-19)34-29(40)25-26(39)22(14-37(36-25)17(3)4)18-5-9-20(30)10-6-18/h5-12,14-17H,13H2,1-4H3,(H,34,40)(H2,31,32,33). The van der Waals surface area contributed by atoms with Gasteiger partial charge in [-0.15, -0.1) is 0 Å². The van der Waals surface area contributed by atoms with Gasteiger partial charge in [0.15, 0.2) is 11.3 Å². The molecule has 0 bridgehead atoms. The van der Waals surface area contributed by atoms with Gasteiger partial charge in [-0.3, -0.25) is 14.3 Å². The van der Waals surface area contributed by atoms with E-state index < -0.39 is 17.2 Å². The first kappa shape index (κ1) is 26.7. The second-order valence-corrected chi connectivity index (χ2v) is 10.2. The zero-order valence-electron chi connectivity index (χ0n) is 22.6.